The van der Waals surface area contributed by atoms with E-state index in [4.69, 9.17) is 26.4 Å². The van der Waals surface area contributed by atoms with Crippen molar-refractivity contribution in [3.63, 3.8) is 0 Å². The molecule has 1 amide bonds. The molecule has 11 nitrogen and oxygen atoms in total. The number of ether oxygens (including phenoxy) is 2. The van der Waals surface area contributed by atoms with Crippen molar-refractivity contribution in [1.29, 1.82) is 5.41 Å². The van der Waals surface area contributed by atoms with Crippen LogP contribution in [0, 0.1) is 5.41 Å². The van der Waals surface area contributed by atoms with Gasteiger partial charge in [-0.3, -0.25) is 10.2 Å². The third-order valence-corrected chi connectivity index (χ3v) is 6.57. The molecule has 3 aromatic rings. The molecule has 0 aliphatic carbocycles. The van der Waals surface area contributed by atoms with Crippen molar-refractivity contribution in [3.05, 3.63) is 70.5 Å². The molecule has 1 aliphatic heterocycles. The lowest BCUT2D eigenvalue weighted by atomic mass is 9.97. The number of carbonyl (C=O) groups excluding carboxylic acids is 1. The highest BCUT2D eigenvalue weighted by Gasteiger charge is 2.21. The van der Waals surface area contributed by atoms with E-state index in [9.17, 15) is 9.90 Å². The van der Waals surface area contributed by atoms with E-state index in [-0.39, 0.29) is 28.9 Å². The van der Waals surface area contributed by atoms with Crippen molar-refractivity contribution in [1.82, 2.24) is 14.9 Å². The lowest BCUT2D eigenvalue weighted by Crippen LogP contribution is -2.36. The Morgan fingerprint density at radius 3 is 2.72 bits per heavy atom. The average molecular weight is 534 g/mol. The molecule has 1 aromatic heterocycles. The summed E-state index contributed by atoms with van der Waals surface area (Å²) in [6.07, 6.45) is 2.49. The van der Waals surface area contributed by atoms with Gasteiger partial charge in [-0.25, -0.2) is 9.97 Å². The van der Waals surface area contributed by atoms with Crippen molar-refractivity contribution in [2.24, 2.45) is 0 Å². The second-order valence-corrected chi connectivity index (χ2v) is 9.21. The number of hydrogen-bond acceptors (Lipinski definition) is 10. The Hall–Kier alpha value is -4.22. The molecule has 0 spiro atoms. The van der Waals surface area contributed by atoms with Crippen LogP contribution in [-0.2, 0) is 33.8 Å². The van der Waals surface area contributed by atoms with Crippen LogP contribution in [0.5, 0.6) is 5.75 Å². The lowest BCUT2D eigenvalue weighted by molar-refractivity contribution is -0.133. The average Bonchev–Trinajstić information content (AvgIpc) is 2.94. The summed E-state index contributed by atoms with van der Waals surface area (Å²) in [5, 5.41) is 21.7. The molecule has 0 radical (unpaired) electrons. The summed E-state index contributed by atoms with van der Waals surface area (Å²) in [6.45, 7) is 5.74. The second kappa shape index (κ2) is 13.0. The first-order chi connectivity index (χ1) is 18.9. The summed E-state index contributed by atoms with van der Waals surface area (Å²) in [6, 6.07) is 10.8. The molecule has 7 N–H and O–H groups in total. The number of nitrogen functional groups attached to an aromatic ring is 2. The number of phenolic OH excluding ortho intramolecular Hbond substituents is 1. The highest BCUT2D eigenvalue weighted by molar-refractivity contribution is 6.16. The van der Waals surface area contributed by atoms with Crippen LogP contribution in [0.2, 0.25) is 0 Å². The summed E-state index contributed by atoms with van der Waals surface area (Å²) >= 11 is 0. The largest absolute Gasteiger partial charge is 0.506 e. The van der Waals surface area contributed by atoms with Crippen LogP contribution in [0.25, 0.3) is 0 Å². The lowest BCUT2D eigenvalue weighted by Gasteiger charge is -2.29. The number of hydrogen-bond donors (Lipinski definition) is 5. The summed E-state index contributed by atoms with van der Waals surface area (Å²) in [5.41, 5.74) is 16.4. The topological polar surface area (TPSA) is 173 Å². The number of anilines is 3. The van der Waals surface area contributed by atoms with Crippen LogP contribution in [-0.4, -0.2) is 64.6 Å². The molecule has 1 aliphatic rings. The Kier molecular flexibility index (Phi) is 9.29. The molecule has 11 heteroatoms. The predicted molar refractivity (Wildman–Crippen MR) is 150 cm³/mol. The van der Waals surface area contributed by atoms with Crippen molar-refractivity contribution >= 4 is 28.9 Å². The van der Waals surface area contributed by atoms with Crippen molar-refractivity contribution in [2.45, 2.75) is 32.9 Å². The SMILES string of the molecule is CCOCCOCCC(=O)N1CCc2cc(CNc3ncnc(N)c3C(=N)c3ccc(O)c(N)c3)ccc2C1. The first kappa shape index (κ1) is 27.8. The van der Waals surface area contributed by atoms with Gasteiger partial charge in [0, 0.05) is 31.8 Å². The van der Waals surface area contributed by atoms with Gasteiger partial charge in [-0.15, -0.1) is 0 Å². The molecular weight excluding hydrogens is 498 g/mol. The van der Waals surface area contributed by atoms with Gasteiger partial charge >= 0.3 is 0 Å². The summed E-state index contributed by atoms with van der Waals surface area (Å²) in [5.74, 6) is 0.634. The van der Waals surface area contributed by atoms with Crippen LogP contribution < -0.4 is 16.8 Å². The Labute approximate surface area is 227 Å². The molecule has 2 heterocycles. The molecule has 0 atom stereocenters. The van der Waals surface area contributed by atoms with Gasteiger partial charge in [-0.1, -0.05) is 18.2 Å². The van der Waals surface area contributed by atoms with Gasteiger partial charge in [0.15, 0.2) is 0 Å². The molecule has 2 aromatic carbocycles. The van der Waals surface area contributed by atoms with Gasteiger partial charge in [0.1, 0.15) is 23.7 Å². The smallest absolute Gasteiger partial charge is 0.225 e. The Morgan fingerprint density at radius 1 is 1.10 bits per heavy atom. The minimum absolute atomic E-state index is 0.0514. The van der Waals surface area contributed by atoms with Gasteiger partial charge in [0.05, 0.1) is 43.2 Å². The number of nitrogens with two attached hydrogens (primary N) is 2. The zero-order chi connectivity index (χ0) is 27.8. The minimum atomic E-state index is -0.0514. The first-order valence-corrected chi connectivity index (χ1v) is 12.9. The summed E-state index contributed by atoms with van der Waals surface area (Å²) < 4.78 is 10.7. The van der Waals surface area contributed by atoms with Crippen molar-refractivity contribution in [2.75, 3.05) is 49.8 Å². The number of carbonyl (C=O) groups is 1. The molecule has 0 fully saturated rings. The van der Waals surface area contributed by atoms with E-state index < -0.39 is 0 Å². The third-order valence-electron chi connectivity index (χ3n) is 6.57. The number of aromatic nitrogens is 2. The highest BCUT2D eigenvalue weighted by atomic mass is 16.5. The van der Waals surface area contributed by atoms with Crippen molar-refractivity contribution in [3.8, 4) is 5.75 Å². The van der Waals surface area contributed by atoms with E-state index in [0.717, 1.165) is 17.5 Å². The fraction of sp³-hybridized carbons (Fsp3) is 0.357. The Morgan fingerprint density at radius 2 is 1.92 bits per heavy atom. The van der Waals surface area contributed by atoms with Gasteiger partial charge in [-0.05, 0) is 48.2 Å². The van der Waals surface area contributed by atoms with Crippen LogP contribution in [0.3, 0.4) is 0 Å². The van der Waals surface area contributed by atoms with Crippen molar-refractivity contribution < 1.29 is 19.4 Å². The maximum atomic E-state index is 12.6. The molecule has 39 heavy (non-hydrogen) atoms. The first-order valence-electron chi connectivity index (χ1n) is 12.9. The summed E-state index contributed by atoms with van der Waals surface area (Å²) in [7, 11) is 0. The van der Waals surface area contributed by atoms with Gasteiger partial charge in [0.2, 0.25) is 5.91 Å². The zero-order valence-corrected chi connectivity index (χ0v) is 22.1. The number of nitrogens with one attached hydrogen (secondary N) is 2. The molecule has 0 saturated carbocycles. The number of benzene rings is 2. The zero-order valence-electron chi connectivity index (χ0n) is 22.1. The third kappa shape index (κ3) is 7.01. The van der Waals surface area contributed by atoms with Gasteiger partial charge in [-0.2, -0.15) is 0 Å². The number of amides is 1. The maximum absolute atomic E-state index is 12.6. The minimum Gasteiger partial charge on any atom is -0.506 e. The predicted octanol–water partition coefficient (Wildman–Crippen LogP) is 2.70. The van der Waals surface area contributed by atoms with E-state index in [1.54, 1.807) is 6.07 Å². The molecule has 0 saturated heterocycles. The van der Waals surface area contributed by atoms with Crippen LogP contribution in [0.4, 0.5) is 17.3 Å². The summed E-state index contributed by atoms with van der Waals surface area (Å²) in [4.78, 5) is 22.9. The fourth-order valence-electron chi connectivity index (χ4n) is 4.43. The Bertz CT molecular complexity index is 1330. The molecule has 0 unspecified atom stereocenters. The Balaban J connectivity index is 1.37. The van der Waals surface area contributed by atoms with E-state index in [2.05, 4.69) is 27.4 Å². The number of rotatable bonds is 12. The second-order valence-electron chi connectivity index (χ2n) is 9.21. The molecular formula is C28H35N7O4. The van der Waals surface area contributed by atoms with Crippen LogP contribution in [0.15, 0.2) is 42.7 Å². The monoisotopic (exact) mass is 533 g/mol. The number of phenols is 1. The van der Waals surface area contributed by atoms with Gasteiger partial charge in [0.25, 0.3) is 0 Å². The van der Waals surface area contributed by atoms with Gasteiger partial charge < -0.3 is 36.3 Å². The molecule has 206 valence electrons. The number of nitrogens with zero attached hydrogens (tertiary/aromatic N) is 3. The molecule has 4 rings (SSSR count). The highest BCUT2D eigenvalue weighted by Crippen LogP contribution is 2.27. The van der Waals surface area contributed by atoms with Crippen LogP contribution >= 0.6 is 0 Å². The standard InChI is InChI=1S/C28H35N7O4/c1-2-38-11-12-39-10-8-24(37)35-9-7-19-13-18(3-4-21(19)16-35)15-32-28-25(27(31)33-17-34-28)26(30)20-5-6-23(36)22(29)14-20/h3-6,13-14,17,30,36H,2,7-12,15-16,29H2,1H3,(H3,31,32,33,34). The number of aromatic hydroxyl groups is 1. The quantitative estimate of drug-likeness (QED) is 0.101. The van der Waals surface area contributed by atoms with E-state index in [0.29, 0.717) is 69.4 Å². The van der Waals surface area contributed by atoms with Crippen LogP contribution in [0.1, 0.15) is 41.2 Å². The molecule has 0 bridgehead atoms. The fourth-order valence-corrected chi connectivity index (χ4v) is 4.43. The van der Waals surface area contributed by atoms with E-state index >= 15 is 0 Å². The normalized spacial score (nSPS) is 12.7. The van der Waals surface area contributed by atoms with E-state index in [1.165, 1.54) is 24.0 Å². The maximum Gasteiger partial charge on any atom is 0.225 e. The number of fused-ring (bicyclic) bond motifs is 1. The van der Waals surface area contributed by atoms with E-state index in [1.807, 2.05) is 17.9 Å².